The van der Waals surface area contributed by atoms with Crippen molar-refractivity contribution in [2.75, 3.05) is 13.3 Å². The summed E-state index contributed by atoms with van der Waals surface area (Å²) in [4.78, 5) is 13.2. The Labute approximate surface area is 133 Å². The normalized spacial score (nSPS) is 20.0. The van der Waals surface area contributed by atoms with Crippen LogP contribution in [0.4, 0.5) is 4.79 Å². The number of carbonyl (C=O) groups is 1. The first-order valence-corrected chi connectivity index (χ1v) is 7.77. The van der Waals surface area contributed by atoms with Crippen LogP contribution in [0, 0.1) is 0 Å². The van der Waals surface area contributed by atoms with E-state index in [0.29, 0.717) is 19.4 Å². The molecule has 1 amide bonds. The predicted molar refractivity (Wildman–Crippen MR) is 82.9 cm³/mol. The highest BCUT2D eigenvalue weighted by atomic mass is 16.7. The smallest absolute Gasteiger partial charge is 0.407 e. The van der Waals surface area contributed by atoms with Gasteiger partial charge in [0.25, 0.3) is 0 Å². The van der Waals surface area contributed by atoms with Crippen molar-refractivity contribution in [2.45, 2.75) is 18.9 Å². The lowest BCUT2D eigenvalue weighted by atomic mass is 9.76. The van der Waals surface area contributed by atoms with Crippen LogP contribution in [0.25, 0.3) is 11.1 Å². The number of hydrogen-bond acceptors (Lipinski definition) is 3. The first-order chi connectivity index (χ1) is 11.2. The van der Waals surface area contributed by atoms with Gasteiger partial charge in [-0.05, 0) is 41.2 Å². The van der Waals surface area contributed by atoms with E-state index in [4.69, 9.17) is 9.47 Å². The molecule has 3 aliphatic rings. The van der Waals surface area contributed by atoms with Gasteiger partial charge in [0.1, 0.15) is 0 Å². The van der Waals surface area contributed by atoms with Gasteiger partial charge in [-0.15, -0.1) is 0 Å². The molecule has 0 fully saturated rings. The molecule has 0 saturated carbocycles. The molecule has 5 rings (SSSR count). The average Bonchev–Trinajstić information content (AvgIpc) is 3.02. The van der Waals surface area contributed by atoms with E-state index in [-0.39, 0.29) is 12.8 Å². The van der Waals surface area contributed by atoms with Gasteiger partial charge in [-0.2, -0.15) is 0 Å². The molecule has 1 atom stereocenters. The fraction of sp³-hybridized carbons (Fsp3) is 0.278. The zero-order valence-electron chi connectivity index (χ0n) is 12.4. The van der Waals surface area contributed by atoms with Gasteiger partial charge >= 0.3 is 6.09 Å². The Morgan fingerprint density at radius 3 is 2.96 bits per heavy atom. The summed E-state index contributed by atoms with van der Waals surface area (Å²) >= 11 is 0. The molecule has 0 bridgehead atoms. The van der Waals surface area contributed by atoms with Crippen molar-refractivity contribution in [2.24, 2.45) is 0 Å². The van der Waals surface area contributed by atoms with Gasteiger partial charge in [0.15, 0.2) is 11.5 Å². The summed E-state index contributed by atoms with van der Waals surface area (Å²) in [6.45, 7) is 0.745. The molecule has 1 unspecified atom stereocenters. The lowest BCUT2D eigenvalue weighted by Crippen LogP contribution is -2.41. The molecule has 2 heterocycles. The van der Waals surface area contributed by atoms with Crippen molar-refractivity contribution >= 4 is 6.09 Å². The van der Waals surface area contributed by atoms with Crippen LogP contribution in [0.1, 0.15) is 22.7 Å². The fourth-order valence-corrected chi connectivity index (χ4v) is 4.11. The van der Waals surface area contributed by atoms with Crippen molar-refractivity contribution in [3.8, 4) is 22.6 Å². The second-order valence-corrected chi connectivity index (χ2v) is 6.16. The summed E-state index contributed by atoms with van der Waals surface area (Å²) in [7, 11) is 0. The Hall–Kier alpha value is -2.69. The minimum Gasteiger partial charge on any atom is -0.465 e. The third-order valence-electron chi connectivity index (χ3n) is 5.07. The number of rotatable bonds is 0. The molecule has 0 spiro atoms. The summed E-state index contributed by atoms with van der Waals surface area (Å²) in [6, 6.07) is 10.1. The Kier molecular flexibility index (Phi) is 2.46. The van der Waals surface area contributed by atoms with Crippen LogP contribution in [0.5, 0.6) is 11.5 Å². The standard InChI is InChI=1S/C18H15NO4/c20-18(21)19-6-5-11-8-14-17(23-9-22-14)16-12-4-2-1-3-10(12)7-13(19)15(11)16/h1-4,8,13H,5-7,9H2,(H,20,21). The van der Waals surface area contributed by atoms with Crippen LogP contribution < -0.4 is 9.47 Å². The summed E-state index contributed by atoms with van der Waals surface area (Å²) in [6.07, 6.45) is 0.565. The van der Waals surface area contributed by atoms with Crippen molar-refractivity contribution in [3.63, 3.8) is 0 Å². The molecule has 1 N–H and O–H groups in total. The SMILES string of the molecule is O=C(O)N1CCc2cc3c(c4c2C1Cc1ccccc1-4)OCO3. The second-order valence-electron chi connectivity index (χ2n) is 6.16. The number of ether oxygens (including phenoxy) is 2. The van der Waals surface area contributed by atoms with E-state index < -0.39 is 6.09 Å². The first kappa shape index (κ1) is 12.8. The largest absolute Gasteiger partial charge is 0.465 e. The van der Waals surface area contributed by atoms with Crippen LogP contribution >= 0.6 is 0 Å². The molecule has 0 radical (unpaired) electrons. The van der Waals surface area contributed by atoms with Gasteiger partial charge in [-0.3, -0.25) is 0 Å². The van der Waals surface area contributed by atoms with Gasteiger partial charge in [0, 0.05) is 12.1 Å². The lowest BCUT2D eigenvalue weighted by Gasteiger charge is -2.40. The maximum Gasteiger partial charge on any atom is 0.407 e. The van der Waals surface area contributed by atoms with Crippen LogP contribution in [0.2, 0.25) is 0 Å². The fourth-order valence-electron chi connectivity index (χ4n) is 4.11. The monoisotopic (exact) mass is 309 g/mol. The zero-order chi connectivity index (χ0) is 15.6. The molecule has 5 nitrogen and oxygen atoms in total. The summed E-state index contributed by atoms with van der Waals surface area (Å²) < 4.78 is 11.3. The Bertz CT molecular complexity index is 845. The predicted octanol–water partition coefficient (Wildman–Crippen LogP) is 3.22. The highest BCUT2D eigenvalue weighted by Gasteiger charge is 2.40. The van der Waals surface area contributed by atoms with Gasteiger partial charge in [-0.1, -0.05) is 24.3 Å². The van der Waals surface area contributed by atoms with Crippen LogP contribution in [-0.2, 0) is 12.8 Å². The molecule has 1 aliphatic carbocycles. The molecule has 0 aromatic heterocycles. The number of amides is 1. The van der Waals surface area contributed by atoms with Crippen LogP contribution in [0.3, 0.4) is 0 Å². The minimum atomic E-state index is -0.858. The number of benzene rings is 2. The zero-order valence-corrected chi connectivity index (χ0v) is 12.4. The molecule has 5 heteroatoms. The second kappa shape index (κ2) is 4.41. The highest BCUT2D eigenvalue weighted by Crippen LogP contribution is 2.53. The Morgan fingerprint density at radius 2 is 2.09 bits per heavy atom. The maximum absolute atomic E-state index is 11.7. The Balaban J connectivity index is 1.84. The van der Waals surface area contributed by atoms with E-state index in [1.165, 1.54) is 5.56 Å². The number of fused-ring (bicyclic) bond motifs is 4. The number of nitrogens with zero attached hydrogens (tertiary/aromatic N) is 1. The molecule has 2 aromatic rings. The van der Waals surface area contributed by atoms with Gasteiger partial charge in [-0.25, -0.2) is 4.79 Å². The third kappa shape index (κ3) is 1.64. The molecule has 2 aromatic carbocycles. The highest BCUT2D eigenvalue weighted by molar-refractivity contribution is 5.84. The maximum atomic E-state index is 11.7. The molecular formula is C18H15NO4. The summed E-state index contributed by atoms with van der Waals surface area (Å²) in [5.74, 6) is 1.53. The first-order valence-electron chi connectivity index (χ1n) is 7.77. The lowest BCUT2D eigenvalue weighted by molar-refractivity contribution is 0.119. The molecular weight excluding hydrogens is 294 g/mol. The van der Waals surface area contributed by atoms with Gasteiger partial charge < -0.3 is 19.5 Å². The van der Waals surface area contributed by atoms with Gasteiger partial charge in [0.05, 0.1) is 6.04 Å². The van der Waals surface area contributed by atoms with E-state index in [0.717, 1.165) is 33.8 Å². The quantitative estimate of drug-likeness (QED) is 0.812. The van der Waals surface area contributed by atoms with Crippen molar-refractivity contribution in [1.82, 2.24) is 4.90 Å². The number of hydrogen-bond donors (Lipinski definition) is 1. The Morgan fingerprint density at radius 1 is 1.22 bits per heavy atom. The molecule has 23 heavy (non-hydrogen) atoms. The van der Waals surface area contributed by atoms with Crippen LogP contribution in [-0.4, -0.2) is 29.4 Å². The van der Waals surface area contributed by atoms with E-state index in [2.05, 4.69) is 12.1 Å². The summed E-state index contributed by atoms with van der Waals surface area (Å²) in [5, 5.41) is 9.59. The van der Waals surface area contributed by atoms with Crippen molar-refractivity contribution in [1.29, 1.82) is 0 Å². The molecule has 116 valence electrons. The van der Waals surface area contributed by atoms with Crippen molar-refractivity contribution < 1.29 is 19.4 Å². The van der Waals surface area contributed by atoms with E-state index >= 15 is 0 Å². The van der Waals surface area contributed by atoms with E-state index in [1.54, 1.807) is 4.90 Å². The third-order valence-corrected chi connectivity index (χ3v) is 5.07. The molecule has 0 saturated heterocycles. The van der Waals surface area contributed by atoms with Crippen molar-refractivity contribution in [3.05, 3.63) is 47.0 Å². The van der Waals surface area contributed by atoms with Gasteiger partial charge in [0.2, 0.25) is 6.79 Å². The minimum absolute atomic E-state index is 0.143. The van der Waals surface area contributed by atoms with Crippen LogP contribution in [0.15, 0.2) is 30.3 Å². The molecule has 2 aliphatic heterocycles. The summed E-state index contributed by atoms with van der Waals surface area (Å²) in [5.41, 5.74) is 5.60. The average molecular weight is 309 g/mol. The number of carboxylic acid groups (broad SMARTS) is 1. The van der Waals surface area contributed by atoms with E-state index in [1.807, 2.05) is 18.2 Å². The topological polar surface area (TPSA) is 59.0 Å². The van der Waals surface area contributed by atoms with E-state index in [9.17, 15) is 9.90 Å².